The van der Waals surface area contributed by atoms with Crippen LogP contribution in [0.3, 0.4) is 0 Å². The van der Waals surface area contributed by atoms with E-state index in [9.17, 15) is 0 Å². The number of rotatable bonds is 3. The molecule has 1 atom stereocenters. The Balaban J connectivity index is 2.05. The molecule has 0 aromatic carbocycles. The summed E-state index contributed by atoms with van der Waals surface area (Å²) in [6, 6.07) is 2.77. The molecule has 0 saturated carbocycles. The lowest BCUT2D eigenvalue weighted by Crippen LogP contribution is -2.24. The Labute approximate surface area is 103 Å². The van der Waals surface area contributed by atoms with Gasteiger partial charge in [-0.1, -0.05) is 0 Å². The van der Waals surface area contributed by atoms with Gasteiger partial charge in [0.05, 0.1) is 3.79 Å². The fourth-order valence-electron chi connectivity index (χ4n) is 2.05. The number of thiophene rings is 1. The summed E-state index contributed by atoms with van der Waals surface area (Å²) in [5.41, 5.74) is 1.48. The number of nitrogens with one attached hydrogen (secondary N) is 1. The van der Waals surface area contributed by atoms with Crippen LogP contribution in [0.2, 0.25) is 0 Å². The van der Waals surface area contributed by atoms with E-state index in [1.807, 2.05) is 11.3 Å². The summed E-state index contributed by atoms with van der Waals surface area (Å²) in [4.78, 5) is 1.53. The van der Waals surface area contributed by atoms with Gasteiger partial charge in [-0.15, -0.1) is 23.7 Å². The summed E-state index contributed by atoms with van der Waals surface area (Å²) in [7, 11) is 0. The highest BCUT2D eigenvalue weighted by atomic mass is 79.9. The Morgan fingerprint density at radius 2 is 2.53 bits per heavy atom. The number of hydrogen-bond donors (Lipinski definition) is 1. The van der Waals surface area contributed by atoms with E-state index in [2.05, 4.69) is 33.2 Å². The van der Waals surface area contributed by atoms with Gasteiger partial charge in [-0.3, -0.25) is 0 Å². The van der Waals surface area contributed by atoms with Gasteiger partial charge >= 0.3 is 0 Å². The minimum atomic E-state index is 0.518. The Morgan fingerprint density at radius 3 is 3.33 bits per heavy atom. The third-order valence-electron chi connectivity index (χ3n) is 2.74. The second kappa shape index (κ2) is 5.16. The highest BCUT2D eigenvalue weighted by molar-refractivity contribution is 9.11. The molecule has 0 spiro atoms. The van der Waals surface area contributed by atoms with Crippen LogP contribution >= 0.6 is 27.3 Å². The number of hydrogen-bond acceptors (Lipinski definition) is 2. The van der Waals surface area contributed by atoms with Crippen LogP contribution in [0.5, 0.6) is 0 Å². The van der Waals surface area contributed by atoms with Gasteiger partial charge in [-0.05, 0) is 46.8 Å². The number of terminal acetylenes is 1. The molecule has 1 aromatic rings. The van der Waals surface area contributed by atoms with E-state index in [1.54, 1.807) is 0 Å². The van der Waals surface area contributed by atoms with Crippen molar-refractivity contribution in [3.05, 3.63) is 20.3 Å². The zero-order valence-electron chi connectivity index (χ0n) is 8.55. The molecule has 2 rings (SSSR count). The molecule has 0 radical (unpaired) electrons. The van der Waals surface area contributed by atoms with Gasteiger partial charge in [0.1, 0.15) is 0 Å². The predicted octanol–water partition coefficient (Wildman–Crippen LogP) is 3.50. The Morgan fingerprint density at radius 1 is 1.67 bits per heavy atom. The van der Waals surface area contributed by atoms with Crippen LogP contribution < -0.4 is 5.32 Å². The van der Waals surface area contributed by atoms with Gasteiger partial charge < -0.3 is 5.32 Å². The molecule has 0 bridgehead atoms. The van der Waals surface area contributed by atoms with Gasteiger partial charge in [0.2, 0.25) is 0 Å². The summed E-state index contributed by atoms with van der Waals surface area (Å²) in [5, 5.41) is 3.54. The molecular formula is C12H14BrNS. The maximum absolute atomic E-state index is 5.25. The van der Waals surface area contributed by atoms with Crippen LogP contribution in [0, 0.1) is 12.3 Å². The van der Waals surface area contributed by atoms with Gasteiger partial charge in [-0.2, -0.15) is 0 Å². The lowest BCUT2D eigenvalue weighted by atomic mass is 9.94. The highest BCUT2D eigenvalue weighted by Crippen LogP contribution is 2.37. The third kappa shape index (κ3) is 2.63. The highest BCUT2D eigenvalue weighted by Gasteiger charge is 2.21. The summed E-state index contributed by atoms with van der Waals surface area (Å²) in [6.45, 7) is 0.925. The second-order valence-corrected chi connectivity index (χ2v) is 6.30. The first-order valence-electron chi connectivity index (χ1n) is 5.26. The van der Waals surface area contributed by atoms with Gasteiger partial charge in [0.15, 0.2) is 0 Å². The first-order valence-corrected chi connectivity index (χ1v) is 6.87. The molecule has 1 unspecified atom stereocenters. The van der Waals surface area contributed by atoms with E-state index in [4.69, 9.17) is 6.42 Å². The maximum atomic E-state index is 5.25. The van der Waals surface area contributed by atoms with Crippen molar-refractivity contribution >= 4 is 27.3 Å². The van der Waals surface area contributed by atoms with Crippen LogP contribution in [-0.2, 0) is 6.42 Å². The first kappa shape index (κ1) is 11.2. The Kier molecular flexibility index (Phi) is 3.85. The molecule has 1 N–H and O–H groups in total. The van der Waals surface area contributed by atoms with E-state index in [1.165, 1.54) is 33.5 Å². The van der Waals surface area contributed by atoms with Gasteiger partial charge in [-0.25, -0.2) is 0 Å². The van der Waals surface area contributed by atoms with Crippen molar-refractivity contribution in [1.82, 2.24) is 5.32 Å². The van der Waals surface area contributed by atoms with Crippen molar-refractivity contribution in [1.29, 1.82) is 0 Å². The minimum absolute atomic E-state index is 0.518. The lowest BCUT2D eigenvalue weighted by molar-refractivity contribution is 0.470. The molecule has 0 amide bonds. The van der Waals surface area contributed by atoms with E-state index in [-0.39, 0.29) is 0 Å². The summed E-state index contributed by atoms with van der Waals surface area (Å²) >= 11 is 5.43. The second-order valence-electron chi connectivity index (χ2n) is 3.78. The van der Waals surface area contributed by atoms with Gasteiger partial charge in [0, 0.05) is 23.9 Å². The standard InChI is InChI=1S/C12H14BrNS/c1-2-3-7-14-10-5-4-6-11-9(10)8-12(13)15-11/h1,8,10,14H,3-7H2. The summed E-state index contributed by atoms with van der Waals surface area (Å²) in [6.07, 6.45) is 9.82. The van der Waals surface area contributed by atoms with Crippen molar-refractivity contribution in [3.63, 3.8) is 0 Å². The van der Waals surface area contributed by atoms with E-state index < -0.39 is 0 Å². The normalized spacial score (nSPS) is 19.6. The van der Waals surface area contributed by atoms with Crippen LogP contribution in [0.1, 0.15) is 35.7 Å². The van der Waals surface area contributed by atoms with Crippen LogP contribution in [0.25, 0.3) is 0 Å². The molecule has 1 aliphatic carbocycles. The number of aryl methyl sites for hydroxylation is 1. The molecule has 1 heterocycles. The lowest BCUT2D eigenvalue weighted by Gasteiger charge is -2.23. The number of fused-ring (bicyclic) bond motifs is 1. The van der Waals surface area contributed by atoms with Crippen molar-refractivity contribution in [2.75, 3.05) is 6.54 Å². The number of halogens is 1. The largest absolute Gasteiger partial charge is 0.309 e. The smallest absolute Gasteiger partial charge is 0.0704 e. The van der Waals surface area contributed by atoms with Crippen LogP contribution in [-0.4, -0.2) is 6.54 Å². The monoisotopic (exact) mass is 283 g/mol. The zero-order chi connectivity index (χ0) is 10.7. The van der Waals surface area contributed by atoms with E-state index >= 15 is 0 Å². The van der Waals surface area contributed by atoms with E-state index in [0.717, 1.165) is 13.0 Å². The fourth-order valence-corrected chi connectivity index (χ4v) is 3.87. The molecule has 3 heteroatoms. The summed E-state index contributed by atoms with van der Waals surface area (Å²) in [5.74, 6) is 2.67. The predicted molar refractivity (Wildman–Crippen MR) is 69.2 cm³/mol. The van der Waals surface area contributed by atoms with Crippen molar-refractivity contribution in [2.45, 2.75) is 31.7 Å². The van der Waals surface area contributed by atoms with Crippen LogP contribution in [0.4, 0.5) is 0 Å². The van der Waals surface area contributed by atoms with Crippen LogP contribution in [0.15, 0.2) is 9.85 Å². The molecule has 0 saturated heterocycles. The van der Waals surface area contributed by atoms with Crippen molar-refractivity contribution in [3.8, 4) is 12.3 Å². The van der Waals surface area contributed by atoms with E-state index in [0.29, 0.717) is 6.04 Å². The summed E-state index contributed by atoms with van der Waals surface area (Å²) < 4.78 is 1.25. The molecule has 80 valence electrons. The average Bonchev–Trinajstić information content (AvgIpc) is 2.59. The first-order chi connectivity index (χ1) is 7.31. The topological polar surface area (TPSA) is 12.0 Å². The molecule has 1 aromatic heterocycles. The molecule has 0 aliphatic heterocycles. The van der Waals surface area contributed by atoms with Gasteiger partial charge in [0.25, 0.3) is 0 Å². The SMILES string of the molecule is C#CCCNC1CCCc2sc(Br)cc21. The minimum Gasteiger partial charge on any atom is -0.309 e. The molecular weight excluding hydrogens is 270 g/mol. The molecule has 15 heavy (non-hydrogen) atoms. The Bertz CT molecular complexity index is 377. The maximum Gasteiger partial charge on any atom is 0.0704 e. The molecule has 1 nitrogen and oxygen atoms in total. The third-order valence-corrected chi connectivity index (χ3v) is 4.46. The fraction of sp³-hybridized carbons (Fsp3) is 0.500. The molecule has 0 fully saturated rings. The van der Waals surface area contributed by atoms with Crippen molar-refractivity contribution < 1.29 is 0 Å². The quantitative estimate of drug-likeness (QED) is 0.661. The Hall–Kier alpha value is -0.300. The molecule has 1 aliphatic rings. The average molecular weight is 284 g/mol. The zero-order valence-corrected chi connectivity index (χ0v) is 11.0. The van der Waals surface area contributed by atoms with Crippen molar-refractivity contribution in [2.24, 2.45) is 0 Å².